The van der Waals surface area contributed by atoms with Gasteiger partial charge in [0.2, 0.25) is 0 Å². The van der Waals surface area contributed by atoms with Gasteiger partial charge in [-0.05, 0) is 37.1 Å². The molecule has 2 aromatic rings. The summed E-state index contributed by atoms with van der Waals surface area (Å²) >= 11 is 0. The first-order valence-corrected chi connectivity index (χ1v) is 7.58. The van der Waals surface area contributed by atoms with Gasteiger partial charge in [-0.25, -0.2) is 4.98 Å². The topological polar surface area (TPSA) is 81.9 Å². The van der Waals surface area contributed by atoms with Crippen molar-refractivity contribution < 1.29 is 4.79 Å². The Hall–Kier alpha value is -2.94. The second-order valence-electron chi connectivity index (χ2n) is 5.51. The van der Waals surface area contributed by atoms with E-state index in [2.05, 4.69) is 20.2 Å². The number of rotatable bonds is 3. The molecular formula is C17H17N5O. The maximum Gasteiger partial charge on any atom is 0.253 e. The van der Waals surface area contributed by atoms with Gasteiger partial charge in [0.1, 0.15) is 11.8 Å². The fourth-order valence-electron chi connectivity index (χ4n) is 2.73. The van der Waals surface area contributed by atoms with Crippen LogP contribution in [0.1, 0.15) is 28.9 Å². The normalized spacial score (nSPS) is 17.3. The van der Waals surface area contributed by atoms with Gasteiger partial charge >= 0.3 is 0 Å². The summed E-state index contributed by atoms with van der Waals surface area (Å²) in [5, 5.41) is 11.9. The molecule has 0 spiro atoms. The van der Waals surface area contributed by atoms with Gasteiger partial charge in [-0.3, -0.25) is 9.78 Å². The van der Waals surface area contributed by atoms with Gasteiger partial charge < -0.3 is 10.2 Å². The number of pyridine rings is 2. The molecule has 6 nitrogen and oxygen atoms in total. The average Bonchev–Trinajstić information content (AvgIpc) is 2.63. The molecule has 1 N–H and O–H groups in total. The van der Waals surface area contributed by atoms with Crippen molar-refractivity contribution in [1.82, 2.24) is 15.3 Å². The molecule has 2 aromatic heterocycles. The Morgan fingerprint density at radius 2 is 2.26 bits per heavy atom. The number of hydrogen-bond acceptors (Lipinski definition) is 5. The molecule has 0 radical (unpaired) electrons. The summed E-state index contributed by atoms with van der Waals surface area (Å²) in [4.78, 5) is 22.5. The zero-order valence-electron chi connectivity index (χ0n) is 12.6. The molecule has 1 atom stereocenters. The average molecular weight is 307 g/mol. The molecule has 116 valence electrons. The molecule has 1 saturated heterocycles. The maximum absolute atomic E-state index is 12.2. The molecule has 3 heterocycles. The van der Waals surface area contributed by atoms with Crippen LogP contribution in [0.15, 0.2) is 42.9 Å². The molecule has 0 saturated carbocycles. The van der Waals surface area contributed by atoms with Crippen LogP contribution in [-0.4, -0.2) is 35.0 Å². The second kappa shape index (κ2) is 6.88. The molecule has 0 bridgehead atoms. The Kier molecular flexibility index (Phi) is 4.48. The highest BCUT2D eigenvalue weighted by Crippen LogP contribution is 2.19. The quantitative estimate of drug-likeness (QED) is 0.934. The summed E-state index contributed by atoms with van der Waals surface area (Å²) in [6.07, 6.45) is 6.88. The van der Waals surface area contributed by atoms with Crippen molar-refractivity contribution in [2.45, 2.75) is 18.9 Å². The van der Waals surface area contributed by atoms with Crippen LogP contribution >= 0.6 is 0 Å². The van der Waals surface area contributed by atoms with Crippen molar-refractivity contribution in [1.29, 1.82) is 5.26 Å². The summed E-state index contributed by atoms with van der Waals surface area (Å²) in [5.41, 5.74) is 1.96. The fraction of sp³-hybridized carbons (Fsp3) is 0.294. The van der Waals surface area contributed by atoms with Gasteiger partial charge in [-0.15, -0.1) is 0 Å². The largest absolute Gasteiger partial charge is 0.368 e. The lowest BCUT2D eigenvalue weighted by Gasteiger charge is -2.34. The number of piperidine rings is 1. The summed E-state index contributed by atoms with van der Waals surface area (Å²) in [7, 11) is 0. The smallest absolute Gasteiger partial charge is 0.253 e. The molecule has 0 aliphatic carbocycles. The van der Waals surface area contributed by atoms with Crippen molar-refractivity contribution in [3.63, 3.8) is 0 Å². The summed E-state index contributed by atoms with van der Waals surface area (Å²) in [6.45, 7) is 1.66. The molecule has 6 heteroatoms. The second-order valence-corrected chi connectivity index (χ2v) is 5.51. The lowest BCUT2D eigenvalue weighted by Crippen LogP contribution is -2.47. The Balaban J connectivity index is 1.64. The zero-order chi connectivity index (χ0) is 16.1. The minimum atomic E-state index is -0.0945. The Morgan fingerprint density at radius 3 is 2.96 bits per heavy atom. The number of carbonyl (C=O) groups is 1. The molecule has 0 aromatic carbocycles. The highest BCUT2D eigenvalue weighted by atomic mass is 16.1. The van der Waals surface area contributed by atoms with Crippen molar-refractivity contribution in [3.8, 4) is 6.07 Å². The van der Waals surface area contributed by atoms with Crippen LogP contribution in [0.2, 0.25) is 0 Å². The molecule has 1 unspecified atom stereocenters. The SMILES string of the molecule is N#Cc1ccc(N2CCCC(NC(=O)c3cccnc3)C2)cn1. The minimum absolute atomic E-state index is 0.0899. The minimum Gasteiger partial charge on any atom is -0.368 e. The third-order valence-corrected chi connectivity index (χ3v) is 3.91. The van der Waals surface area contributed by atoms with Crippen LogP contribution in [0.25, 0.3) is 0 Å². The highest BCUT2D eigenvalue weighted by Gasteiger charge is 2.22. The number of nitriles is 1. The van der Waals surface area contributed by atoms with E-state index in [4.69, 9.17) is 5.26 Å². The van der Waals surface area contributed by atoms with E-state index >= 15 is 0 Å². The van der Waals surface area contributed by atoms with Gasteiger partial charge in [0.15, 0.2) is 0 Å². The summed E-state index contributed by atoms with van der Waals surface area (Å²) in [5.74, 6) is -0.0945. The van der Waals surface area contributed by atoms with Gasteiger partial charge in [-0.1, -0.05) is 0 Å². The van der Waals surface area contributed by atoms with Crippen LogP contribution in [0.3, 0.4) is 0 Å². The summed E-state index contributed by atoms with van der Waals surface area (Å²) < 4.78 is 0. The molecule has 1 aliphatic rings. The summed E-state index contributed by atoms with van der Waals surface area (Å²) in [6, 6.07) is 9.23. The van der Waals surface area contributed by atoms with E-state index in [-0.39, 0.29) is 11.9 Å². The van der Waals surface area contributed by atoms with Crippen molar-refractivity contribution in [2.24, 2.45) is 0 Å². The first-order valence-electron chi connectivity index (χ1n) is 7.58. The predicted molar refractivity (Wildman–Crippen MR) is 85.9 cm³/mol. The molecular weight excluding hydrogens is 290 g/mol. The number of carbonyl (C=O) groups excluding carboxylic acids is 1. The molecule has 3 rings (SSSR count). The third-order valence-electron chi connectivity index (χ3n) is 3.91. The number of hydrogen-bond donors (Lipinski definition) is 1. The first kappa shape index (κ1) is 15.0. The number of nitrogens with one attached hydrogen (secondary N) is 1. The number of aromatic nitrogens is 2. The molecule has 23 heavy (non-hydrogen) atoms. The predicted octanol–water partition coefficient (Wildman–Crippen LogP) is 1.75. The highest BCUT2D eigenvalue weighted by molar-refractivity contribution is 5.94. The van der Waals surface area contributed by atoms with E-state index in [0.29, 0.717) is 11.3 Å². The third kappa shape index (κ3) is 3.64. The van der Waals surface area contributed by atoms with E-state index in [1.807, 2.05) is 12.1 Å². The Morgan fingerprint density at radius 1 is 1.35 bits per heavy atom. The van der Waals surface area contributed by atoms with Crippen molar-refractivity contribution in [3.05, 3.63) is 54.1 Å². The van der Waals surface area contributed by atoms with E-state index in [1.54, 1.807) is 36.8 Å². The van der Waals surface area contributed by atoms with E-state index in [1.165, 1.54) is 0 Å². The van der Waals surface area contributed by atoms with Crippen LogP contribution in [-0.2, 0) is 0 Å². The Bertz CT molecular complexity index is 708. The number of amides is 1. The number of nitrogens with zero attached hydrogens (tertiary/aromatic N) is 4. The van der Waals surface area contributed by atoms with Gasteiger partial charge in [0, 0.05) is 31.5 Å². The van der Waals surface area contributed by atoms with Gasteiger partial charge in [0.25, 0.3) is 5.91 Å². The van der Waals surface area contributed by atoms with Crippen LogP contribution in [0.4, 0.5) is 5.69 Å². The molecule has 1 fully saturated rings. The number of anilines is 1. The van der Waals surface area contributed by atoms with Gasteiger partial charge in [0.05, 0.1) is 17.4 Å². The van der Waals surface area contributed by atoms with Crippen molar-refractivity contribution >= 4 is 11.6 Å². The molecule has 1 amide bonds. The van der Waals surface area contributed by atoms with Crippen LogP contribution < -0.4 is 10.2 Å². The van der Waals surface area contributed by atoms with E-state index in [0.717, 1.165) is 31.6 Å². The maximum atomic E-state index is 12.2. The standard InChI is InChI=1S/C17H17N5O/c18-9-14-5-6-16(11-20-14)22-8-2-4-15(12-22)21-17(23)13-3-1-7-19-10-13/h1,3,5-7,10-11,15H,2,4,8,12H2,(H,21,23). The molecule has 1 aliphatic heterocycles. The zero-order valence-corrected chi connectivity index (χ0v) is 12.6. The first-order chi connectivity index (χ1) is 11.3. The van der Waals surface area contributed by atoms with Crippen LogP contribution in [0, 0.1) is 11.3 Å². The fourth-order valence-corrected chi connectivity index (χ4v) is 2.73. The van der Waals surface area contributed by atoms with Gasteiger partial charge in [-0.2, -0.15) is 5.26 Å². The monoisotopic (exact) mass is 307 g/mol. The van der Waals surface area contributed by atoms with E-state index < -0.39 is 0 Å². The van der Waals surface area contributed by atoms with Crippen molar-refractivity contribution in [2.75, 3.05) is 18.0 Å². The Labute approximate surface area is 134 Å². The van der Waals surface area contributed by atoms with Crippen LogP contribution in [0.5, 0.6) is 0 Å². The lowest BCUT2D eigenvalue weighted by atomic mass is 10.0. The van der Waals surface area contributed by atoms with E-state index in [9.17, 15) is 4.79 Å². The lowest BCUT2D eigenvalue weighted by molar-refractivity contribution is 0.0933.